The maximum atomic E-state index is 11.3. The first-order valence-corrected chi connectivity index (χ1v) is 6.64. The van der Waals surface area contributed by atoms with Crippen molar-refractivity contribution >= 4 is 28.2 Å². The average molecular weight is 288 g/mol. The lowest BCUT2D eigenvalue weighted by Crippen LogP contribution is -2.11. The highest BCUT2D eigenvalue weighted by molar-refractivity contribution is 5.94. The third-order valence-electron chi connectivity index (χ3n) is 3.10. The van der Waals surface area contributed by atoms with Gasteiger partial charge in [-0.2, -0.15) is 0 Å². The van der Waals surface area contributed by atoms with Crippen molar-refractivity contribution < 1.29 is 9.72 Å². The Morgan fingerprint density at radius 2 is 2.14 bits per heavy atom. The van der Waals surface area contributed by atoms with E-state index in [2.05, 4.69) is 10.3 Å². The van der Waals surface area contributed by atoms with Gasteiger partial charge in [-0.1, -0.05) is 0 Å². The van der Waals surface area contributed by atoms with Gasteiger partial charge in [0.1, 0.15) is 5.69 Å². The number of carbonyl (C=O) groups is 1. The number of aromatic nitrogens is 1. The minimum absolute atomic E-state index is 0.0236. The first kappa shape index (κ1) is 14.7. The number of unbranched alkanes of at least 4 members (excludes halogenated alkanes) is 1. The van der Waals surface area contributed by atoms with Crippen molar-refractivity contribution in [3.8, 4) is 0 Å². The Labute approximate surface area is 121 Å². The van der Waals surface area contributed by atoms with Crippen LogP contribution in [0.1, 0.15) is 19.3 Å². The van der Waals surface area contributed by atoms with Gasteiger partial charge in [0.05, 0.1) is 15.8 Å². The van der Waals surface area contributed by atoms with E-state index in [1.54, 1.807) is 30.5 Å². The zero-order valence-corrected chi connectivity index (χ0v) is 11.4. The number of nitrogens with two attached hydrogens (primary N) is 1. The number of benzene rings is 1. The highest BCUT2D eigenvalue weighted by Crippen LogP contribution is 2.32. The summed E-state index contributed by atoms with van der Waals surface area (Å²) >= 11 is 0. The van der Waals surface area contributed by atoms with E-state index in [4.69, 9.17) is 5.73 Å². The topological polar surface area (TPSA) is 111 Å². The van der Waals surface area contributed by atoms with Crippen LogP contribution in [0, 0.1) is 10.1 Å². The van der Waals surface area contributed by atoms with Gasteiger partial charge in [0, 0.05) is 19.2 Å². The van der Waals surface area contributed by atoms with Crippen molar-refractivity contribution in [2.45, 2.75) is 19.3 Å². The molecule has 0 aliphatic heterocycles. The fourth-order valence-corrected chi connectivity index (χ4v) is 2.12. The number of fused-ring (bicyclic) bond motifs is 1. The Morgan fingerprint density at radius 1 is 1.33 bits per heavy atom. The number of primary amides is 1. The van der Waals surface area contributed by atoms with Crippen LogP contribution in [0.5, 0.6) is 0 Å². The minimum atomic E-state index is -0.407. The molecule has 0 fully saturated rings. The normalized spacial score (nSPS) is 10.5. The second-order valence-corrected chi connectivity index (χ2v) is 4.64. The van der Waals surface area contributed by atoms with E-state index >= 15 is 0 Å². The van der Waals surface area contributed by atoms with Crippen LogP contribution in [-0.4, -0.2) is 22.4 Å². The summed E-state index contributed by atoms with van der Waals surface area (Å²) in [6.45, 7) is 0.542. The summed E-state index contributed by atoms with van der Waals surface area (Å²) in [5.41, 5.74) is 6.12. The molecule has 0 aliphatic rings. The second kappa shape index (κ2) is 6.65. The second-order valence-electron chi connectivity index (χ2n) is 4.64. The average Bonchev–Trinajstić information content (AvgIpc) is 2.45. The first-order valence-electron chi connectivity index (χ1n) is 6.64. The van der Waals surface area contributed by atoms with E-state index in [1.807, 2.05) is 0 Å². The van der Waals surface area contributed by atoms with Gasteiger partial charge >= 0.3 is 5.69 Å². The summed E-state index contributed by atoms with van der Waals surface area (Å²) in [4.78, 5) is 25.6. The Morgan fingerprint density at radius 3 is 2.86 bits per heavy atom. The van der Waals surface area contributed by atoms with Crippen molar-refractivity contribution in [3.05, 3.63) is 40.6 Å². The molecule has 0 saturated carbocycles. The number of hydrogen-bond donors (Lipinski definition) is 2. The van der Waals surface area contributed by atoms with Gasteiger partial charge in [0.25, 0.3) is 0 Å². The molecule has 0 saturated heterocycles. The maximum absolute atomic E-state index is 11.3. The Balaban J connectivity index is 2.14. The smallest absolute Gasteiger partial charge is 0.301 e. The van der Waals surface area contributed by atoms with Crippen LogP contribution in [0.25, 0.3) is 10.9 Å². The van der Waals surface area contributed by atoms with E-state index < -0.39 is 4.92 Å². The van der Waals surface area contributed by atoms with Crippen molar-refractivity contribution in [2.24, 2.45) is 5.73 Å². The Kier molecular flexibility index (Phi) is 4.65. The molecule has 1 heterocycles. The van der Waals surface area contributed by atoms with Gasteiger partial charge in [-0.25, -0.2) is 0 Å². The molecule has 21 heavy (non-hydrogen) atoms. The SMILES string of the molecule is NC(=O)CCCCNc1ccc2ncccc2c1[N+](=O)[O-]. The molecule has 0 aliphatic carbocycles. The summed E-state index contributed by atoms with van der Waals surface area (Å²) in [7, 11) is 0. The summed E-state index contributed by atoms with van der Waals surface area (Å²) in [5, 5.41) is 14.8. The lowest BCUT2D eigenvalue weighted by molar-refractivity contribution is -0.382. The predicted molar refractivity (Wildman–Crippen MR) is 79.9 cm³/mol. The van der Waals surface area contributed by atoms with Crippen LogP contribution in [0.4, 0.5) is 11.4 Å². The number of hydrogen-bond acceptors (Lipinski definition) is 5. The number of nitrogens with one attached hydrogen (secondary N) is 1. The van der Waals surface area contributed by atoms with Crippen LogP contribution in [0.2, 0.25) is 0 Å². The third-order valence-corrected chi connectivity index (χ3v) is 3.10. The third kappa shape index (κ3) is 3.65. The van der Waals surface area contributed by atoms with Crippen molar-refractivity contribution in [1.29, 1.82) is 0 Å². The first-order chi connectivity index (χ1) is 10.1. The van der Waals surface area contributed by atoms with Crippen LogP contribution in [0.15, 0.2) is 30.5 Å². The molecule has 0 radical (unpaired) electrons. The highest BCUT2D eigenvalue weighted by Gasteiger charge is 2.18. The molecule has 0 unspecified atom stereocenters. The highest BCUT2D eigenvalue weighted by atomic mass is 16.6. The lowest BCUT2D eigenvalue weighted by Gasteiger charge is -2.08. The molecular weight excluding hydrogens is 272 g/mol. The Hall–Kier alpha value is -2.70. The van der Waals surface area contributed by atoms with Crippen LogP contribution in [-0.2, 0) is 4.79 Å². The zero-order valence-electron chi connectivity index (χ0n) is 11.4. The van der Waals surface area contributed by atoms with E-state index in [0.29, 0.717) is 42.4 Å². The number of amides is 1. The van der Waals surface area contributed by atoms with Crippen molar-refractivity contribution in [2.75, 3.05) is 11.9 Å². The van der Waals surface area contributed by atoms with Crippen molar-refractivity contribution in [1.82, 2.24) is 4.98 Å². The van der Waals surface area contributed by atoms with E-state index in [1.165, 1.54) is 0 Å². The molecule has 2 aromatic rings. The number of nitrogens with zero attached hydrogens (tertiary/aromatic N) is 2. The Bertz CT molecular complexity index is 672. The van der Waals surface area contributed by atoms with Crippen LogP contribution >= 0.6 is 0 Å². The quantitative estimate of drug-likeness (QED) is 0.461. The maximum Gasteiger partial charge on any atom is 0.301 e. The van der Waals surface area contributed by atoms with Gasteiger partial charge < -0.3 is 11.1 Å². The van der Waals surface area contributed by atoms with E-state index in [-0.39, 0.29) is 11.6 Å². The monoisotopic (exact) mass is 288 g/mol. The number of pyridine rings is 1. The molecule has 7 nitrogen and oxygen atoms in total. The van der Waals surface area contributed by atoms with Gasteiger partial charge in [0.15, 0.2) is 0 Å². The van der Waals surface area contributed by atoms with Gasteiger partial charge in [-0.05, 0) is 37.1 Å². The zero-order chi connectivity index (χ0) is 15.2. The number of rotatable bonds is 7. The fourth-order valence-electron chi connectivity index (χ4n) is 2.12. The number of carbonyl (C=O) groups excluding carboxylic acids is 1. The van der Waals surface area contributed by atoms with Gasteiger partial charge in [-0.3, -0.25) is 19.9 Å². The molecule has 1 amide bonds. The molecule has 1 aromatic heterocycles. The molecule has 110 valence electrons. The lowest BCUT2D eigenvalue weighted by atomic mass is 10.1. The summed E-state index contributed by atoms with van der Waals surface area (Å²) in [5.74, 6) is -0.335. The summed E-state index contributed by atoms with van der Waals surface area (Å²) in [6.07, 6.45) is 3.30. The molecule has 0 spiro atoms. The number of nitro benzene ring substituents is 1. The standard InChI is InChI=1S/C14H16N4O3/c15-13(19)5-1-2-8-17-12-7-6-11-10(4-3-9-16-11)14(12)18(20)21/h3-4,6-7,9,17H,1-2,5,8H2,(H2,15,19). The van der Waals surface area contributed by atoms with Gasteiger partial charge in [0.2, 0.25) is 5.91 Å². The van der Waals surface area contributed by atoms with Gasteiger partial charge in [-0.15, -0.1) is 0 Å². The molecule has 0 atom stereocenters. The van der Waals surface area contributed by atoms with E-state index in [0.717, 1.165) is 0 Å². The number of nitro groups is 1. The largest absolute Gasteiger partial charge is 0.379 e. The molecule has 3 N–H and O–H groups in total. The minimum Gasteiger partial charge on any atom is -0.379 e. The summed E-state index contributed by atoms with van der Waals surface area (Å²) < 4.78 is 0. The fraction of sp³-hybridized carbons (Fsp3) is 0.286. The van der Waals surface area contributed by atoms with Crippen LogP contribution < -0.4 is 11.1 Å². The molecule has 2 rings (SSSR count). The number of anilines is 1. The van der Waals surface area contributed by atoms with Crippen molar-refractivity contribution in [3.63, 3.8) is 0 Å². The molecule has 0 bridgehead atoms. The van der Waals surface area contributed by atoms with Crippen LogP contribution in [0.3, 0.4) is 0 Å². The predicted octanol–water partition coefficient (Wildman–Crippen LogP) is 2.21. The molecular formula is C14H16N4O3. The summed E-state index contributed by atoms with van der Waals surface area (Å²) in [6, 6.07) is 6.75. The van der Waals surface area contributed by atoms with E-state index in [9.17, 15) is 14.9 Å². The molecule has 1 aromatic carbocycles. The molecule has 7 heteroatoms.